The molecule has 0 fully saturated rings. The fourth-order valence-corrected chi connectivity index (χ4v) is 2.52. The minimum atomic E-state index is -0.622. The molecule has 2 aromatic carbocycles. The molecule has 6 heteroatoms. The van der Waals surface area contributed by atoms with Crippen molar-refractivity contribution in [2.24, 2.45) is 0 Å². The van der Waals surface area contributed by atoms with E-state index in [2.05, 4.69) is 5.32 Å². The van der Waals surface area contributed by atoms with Crippen LogP contribution < -0.4 is 10.1 Å². The fourth-order valence-electron chi connectivity index (χ4n) is 2.34. The normalized spacial score (nSPS) is 11.5. The topological polar surface area (TPSA) is 64.6 Å². The maximum absolute atomic E-state index is 12.0. The van der Waals surface area contributed by atoms with Crippen molar-refractivity contribution >= 4 is 23.5 Å². The molecule has 1 atom stereocenters. The molecule has 1 amide bonds. The Balaban J connectivity index is 1.76. The van der Waals surface area contributed by atoms with E-state index >= 15 is 0 Å². The van der Waals surface area contributed by atoms with Crippen LogP contribution in [0, 0.1) is 6.92 Å². The average Bonchev–Trinajstić information content (AvgIpc) is 2.63. The minimum absolute atomic E-state index is 0.121. The molecule has 2 aromatic rings. The summed E-state index contributed by atoms with van der Waals surface area (Å²) in [6, 6.07) is 14.5. The first-order chi connectivity index (χ1) is 12.5. The SMILES string of the molecule is CC[C@H](NC(=O)COC(=O)COc1cccc(Cl)c1)c1ccc(C)cc1. The van der Waals surface area contributed by atoms with Crippen LogP contribution in [-0.4, -0.2) is 25.1 Å². The number of esters is 1. The van der Waals surface area contributed by atoms with E-state index in [9.17, 15) is 9.59 Å². The highest BCUT2D eigenvalue weighted by atomic mass is 35.5. The first kappa shape index (κ1) is 19.8. The average molecular weight is 376 g/mol. The molecule has 0 heterocycles. The van der Waals surface area contributed by atoms with Gasteiger partial charge in [0.1, 0.15) is 5.75 Å². The van der Waals surface area contributed by atoms with Gasteiger partial charge in [0.15, 0.2) is 13.2 Å². The third-order valence-corrected chi connectivity index (χ3v) is 3.98. The van der Waals surface area contributed by atoms with Crippen molar-refractivity contribution in [3.05, 3.63) is 64.7 Å². The van der Waals surface area contributed by atoms with Gasteiger partial charge in [0, 0.05) is 5.02 Å². The first-order valence-electron chi connectivity index (χ1n) is 8.38. The second kappa shape index (κ2) is 9.82. The monoisotopic (exact) mass is 375 g/mol. The maximum Gasteiger partial charge on any atom is 0.344 e. The van der Waals surface area contributed by atoms with Gasteiger partial charge in [0.2, 0.25) is 0 Å². The number of carbonyl (C=O) groups excluding carboxylic acids is 2. The summed E-state index contributed by atoms with van der Waals surface area (Å²) in [5.41, 5.74) is 2.17. The molecular weight excluding hydrogens is 354 g/mol. The van der Waals surface area contributed by atoms with Crippen LogP contribution in [0.4, 0.5) is 0 Å². The van der Waals surface area contributed by atoms with Crippen molar-refractivity contribution in [1.29, 1.82) is 0 Å². The Morgan fingerprint density at radius 1 is 1.12 bits per heavy atom. The highest BCUT2D eigenvalue weighted by Crippen LogP contribution is 2.18. The van der Waals surface area contributed by atoms with Gasteiger partial charge in [-0.1, -0.05) is 54.4 Å². The molecule has 5 nitrogen and oxygen atoms in total. The third-order valence-electron chi connectivity index (χ3n) is 3.74. The van der Waals surface area contributed by atoms with Crippen LogP contribution in [0.3, 0.4) is 0 Å². The molecule has 0 aliphatic rings. The summed E-state index contributed by atoms with van der Waals surface area (Å²) in [6.45, 7) is 3.35. The van der Waals surface area contributed by atoms with Crippen molar-refractivity contribution in [1.82, 2.24) is 5.32 Å². The molecule has 0 aliphatic carbocycles. The van der Waals surface area contributed by atoms with Gasteiger partial charge >= 0.3 is 5.97 Å². The van der Waals surface area contributed by atoms with E-state index in [-0.39, 0.29) is 25.2 Å². The predicted octanol–water partition coefficient (Wildman–Crippen LogP) is 3.84. The van der Waals surface area contributed by atoms with Crippen LogP contribution in [0.15, 0.2) is 48.5 Å². The van der Waals surface area contributed by atoms with Crippen molar-refractivity contribution in [2.45, 2.75) is 26.3 Å². The molecule has 0 spiro atoms. The van der Waals surface area contributed by atoms with E-state index in [1.165, 1.54) is 0 Å². The lowest BCUT2D eigenvalue weighted by Crippen LogP contribution is -2.32. The van der Waals surface area contributed by atoms with Gasteiger partial charge in [-0.3, -0.25) is 4.79 Å². The molecule has 2 rings (SSSR count). The molecule has 0 saturated carbocycles. The summed E-state index contributed by atoms with van der Waals surface area (Å²) in [5, 5.41) is 3.38. The number of halogens is 1. The van der Waals surface area contributed by atoms with E-state index in [0.717, 1.165) is 17.5 Å². The van der Waals surface area contributed by atoms with Gasteiger partial charge in [-0.25, -0.2) is 4.79 Å². The van der Waals surface area contributed by atoms with E-state index in [0.29, 0.717) is 10.8 Å². The maximum atomic E-state index is 12.0. The molecule has 0 unspecified atom stereocenters. The zero-order valence-corrected chi connectivity index (χ0v) is 15.6. The summed E-state index contributed by atoms with van der Waals surface area (Å²) in [5.74, 6) is -0.513. The van der Waals surface area contributed by atoms with Gasteiger partial charge < -0.3 is 14.8 Å². The zero-order chi connectivity index (χ0) is 18.9. The summed E-state index contributed by atoms with van der Waals surface area (Å²) in [7, 11) is 0. The quantitative estimate of drug-likeness (QED) is 0.712. The molecule has 0 radical (unpaired) electrons. The summed E-state index contributed by atoms with van der Waals surface area (Å²) in [6.07, 6.45) is 0.737. The molecule has 138 valence electrons. The van der Waals surface area contributed by atoms with E-state index in [1.54, 1.807) is 24.3 Å². The number of hydrogen-bond donors (Lipinski definition) is 1. The number of nitrogens with one attached hydrogen (secondary N) is 1. The summed E-state index contributed by atoms with van der Waals surface area (Å²) >= 11 is 5.84. The van der Waals surface area contributed by atoms with Crippen LogP contribution in [0.1, 0.15) is 30.5 Å². The van der Waals surface area contributed by atoms with E-state index in [4.69, 9.17) is 21.1 Å². The standard InChI is InChI=1S/C20H22ClNO4/c1-3-18(15-9-7-14(2)8-10-15)22-19(23)12-26-20(24)13-25-17-6-4-5-16(21)11-17/h4-11,18H,3,12-13H2,1-2H3,(H,22,23)/t18-/m0/s1. The Hall–Kier alpha value is -2.53. The lowest BCUT2D eigenvalue weighted by Gasteiger charge is -2.17. The van der Waals surface area contributed by atoms with Gasteiger partial charge in [0.05, 0.1) is 6.04 Å². The molecule has 0 bridgehead atoms. The van der Waals surface area contributed by atoms with Crippen molar-refractivity contribution in [2.75, 3.05) is 13.2 Å². The second-order valence-corrected chi connectivity index (χ2v) is 6.28. The number of ether oxygens (including phenoxy) is 2. The van der Waals surface area contributed by atoms with Crippen LogP contribution >= 0.6 is 11.6 Å². The Bertz CT molecular complexity index is 746. The number of hydrogen-bond acceptors (Lipinski definition) is 4. The van der Waals surface area contributed by atoms with Crippen LogP contribution in [-0.2, 0) is 14.3 Å². The minimum Gasteiger partial charge on any atom is -0.482 e. The van der Waals surface area contributed by atoms with Crippen LogP contribution in [0.5, 0.6) is 5.75 Å². The van der Waals surface area contributed by atoms with Crippen molar-refractivity contribution < 1.29 is 19.1 Å². The summed E-state index contributed by atoms with van der Waals surface area (Å²) in [4.78, 5) is 23.7. The highest BCUT2D eigenvalue weighted by molar-refractivity contribution is 6.30. The van der Waals surface area contributed by atoms with Gasteiger partial charge in [-0.05, 0) is 37.1 Å². The highest BCUT2D eigenvalue weighted by Gasteiger charge is 2.14. The number of carbonyl (C=O) groups is 2. The molecular formula is C20H22ClNO4. The second-order valence-electron chi connectivity index (χ2n) is 5.85. The van der Waals surface area contributed by atoms with Gasteiger partial charge in [0.25, 0.3) is 5.91 Å². The van der Waals surface area contributed by atoms with E-state index in [1.807, 2.05) is 38.1 Å². The molecule has 0 aliphatic heterocycles. The van der Waals surface area contributed by atoms with Crippen molar-refractivity contribution in [3.63, 3.8) is 0 Å². The summed E-state index contributed by atoms with van der Waals surface area (Å²) < 4.78 is 10.2. The molecule has 26 heavy (non-hydrogen) atoms. The lowest BCUT2D eigenvalue weighted by atomic mass is 10.0. The fraction of sp³-hybridized carbons (Fsp3) is 0.300. The lowest BCUT2D eigenvalue weighted by molar-refractivity contribution is -0.150. The van der Waals surface area contributed by atoms with Gasteiger partial charge in [-0.15, -0.1) is 0 Å². The number of benzene rings is 2. The Kier molecular flexibility index (Phi) is 7.48. The largest absolute Gasteiger partial charge is 0.482 e. The Morgan fingerprint density at radius 2 is 1.85 bits per heavy atom. The predicted molar refractivity (Wildman–Crippen MR) is 100 cm³/mol. The zero-order valence-electron chi connectivity index (χ0n) is 14.8. The first-order valence-corrected chi connectivity index (χ1v) is 8.75. The van der Waals surface area contributed by atoms with Crippen LogP contribution in [0.2, 0.25) is 5.02 Å². The Labute approximate surface area is 158 Å². The third kappa shape index (κ3) is 6.41. The molecule has 0 aromatic heterocycles. The number of aryl methyl sites for hydroxylation is 1. The molecule has 0 saturated heterocycles. The smallest absolute Gasteiger partial charge is 0.344 e. The Morgan fingerprint density at radius 3 is 2.50 bits per heavy atom. The number of amides is 1. The van der Waals surface area contributed by atoms with Crippen molar-refractivity contribution in [3.8, 4) is 5.75 Å². The number of rotatable bonds is 8. The molecule has 1 N–H and O–H groups in total. The van der Waals surface area contributed by atoms with Crippen LogP contribution in [0.25, 0.3) is 0 Å². The van der Waals surface area contributed by atoms with E-state index < -0.39 is 5.97 Å². The van der Waals surface area contributed by atoms with Gasteiger partial charge in [-0.2, -0.15) is 0 Å².